The molecule has 0 fully saturated rings. The standard InChI is InChI=1S/C16H18BrN3O3/c1-2-3-11-10-12(4-5-13(11)20(21)22)16-18-15(17)14-6-8-23-9-7-19(14)16/h4-5,10H,2-3,6-9H2,1H3. The Bertz CT molecular complexity index is 742. The van der Waals surface area contributed by atoms with E-state index >= 15 is 0 Å². The molecule has 7 heteroatoms. The molecule has 1 aromatic carbocycles. The van der Waals surface area contributed by atoms with Gasteiger partial charge in [-0.1, -0.05) is 13.3 Å². The number of nitrogens with zero attached hydrogens (tertiary/aromatic N) is 3. The number of halogens is 1. The maximum atomic E-state index is 11.2. The molecule has 0 saturated carbocycles. The van der Waals surface area contributed by atoms with Crippen LogP contribution in [0.25, 0.3) is 11.4 Å². The van der Waals surface area contributed by atoms with Gasteiger partial charge in [-0.3, -0.25) is 10.1 Å². The van der Waals surface area contributed by atoms with Gasteiger partial charge in [-0.05, 0) is 34.5 Å². The summed E-state index contributed by atoms with van der Waals surface area (Å²) in [5.74, 6) is 0.838. The van der Waals surface area contributed by atoms with E-state index in [1.54, 1.807) is 12.1 Å². The predicted molar refractivity (Wildman–Crippen MR) is 90.5 cm³/mol. The number of imidazole rings is 1. The molecule has 0 aliphatic carbocycles. The molecule has 0 amide bonds. The van der Waals surface area contributed by atoms with E-state index in [0.717, 1.165) is 46.6 Å². The molecule has 1 aliphatic heterocycles. The molecule has 1 aliphatic rings. The second kappa shape index (κ2) is 6.80. The van der Waals surface area contributed by atoms with E-state index in [1.165, 1.54) is 0 Å². The molecule has 122 valence electrons. The Kier molecular flexibility index (Phi) is 4.77. The predicted octanol–water partition coefficient (Wildman–Crippen LogP) is 3.75. The smallest absolute Gasteiger partial charge is 0.272 e. The second-order valence-electron chi connectivity index (χ2n) is 5.54. The fourth-order valence-corrected chi connectivity index (χ4v) is 3.54. The molecular weight excluding hydrogens is 362 g/mol. The lowest BCUT2D eigenvalue weighted by molar-refractivity contribution is -0.385. The van der Waals surface area contributed by atoms with Gasteiger partial charge < -0.3 is 9.30 Å². The van der Waals surface area contributed by atoms with Gasteiger partial charge >= 0.3 is 0 Å². The highest BCUT2D eigenvalue weighted by atomic mass is 79.9. The third kappa shape index (κ3) is 3.16. The van der Waals surface area contributed by atoms with Gasteiger partial charge in [0.2, 0.25) is 0 Å². The molecule has 0 N–H and O–H groups in total. The van der Waals surface area contributed by atoms with Gasteiger partial charge in [-0.25, -0.2) is 4.98 Å². The first-order chi connectivity index (χ1) is 11.1. The van der Waals surface area contributed by atoms with Crippen LogP contribution in [-0.2, 0) is 24.1 Å². The van der Waals surface area contributed by atoms with Crippen molar-refractivity contribution >= 4 is 21.6 Å². The van der Waals surface area contributed by atoms with Gasteiger partial charge in [0.1, 0.15) is 10.4 Å². The summed E-state index contributed by atoms with van der Waals surface area (Å²) < 4.78 is 8.51. The largest absolute Gasteiger partial charge is 0.379 e. The summed E-state index contributed by atoms with van der Waals surface area (Å²) >= 11 is 3.53. The minimum atomic E-state index is -0.315. The van der Waals surface area contributed by atoms with Crippen LogP contribution in [0.4, 0.5) is 5.69 Å². The Balaban J connectivity index is 2.08. The molecule has 2 heterocycles. The minimum absolute atomic E-state index is 0.181. The second-order valence-corrected chi connectivity index (χ2v) is 6.29. The maximum Gasteiger partial charge on any atom is 0.272 e. The fourth-order valence-electron chi connectivity index (χ4n) is 2.96. The van der Waals surface area contributed by atoms with Crippen LogP contribution >= 0.6 is 15.9 Å². The topological polar surface area (TPSA) is 70.2 Å². The Morgan fingerprint density at radius 1 is 1.43 bits per heavy atom. The van der Waals surface area contributed by atoms with E-state index in [-0.39, 0.29) is 10.6 Å². The van der Waals surface area contributed by atoms with Crippen LogP contribution in [0.15, 0.2) is 22.8 Å². The van der Waals surface area contributed by atoms with Crippen LogP contribution < -0.4 is 0 Å². The number of aromatic nitrogens is 2. The van der Waals surface area contributed by atoms with Gasteiger partial charge in [-0.2, -0.15) is 0 Å². The maximum absolute atomic E-state index is 11.2. The van der Waals surface area contributed by atoms with Crippen molar-refractivity contribution in [3.8, 4) is 11.4 Å². The molecule has 0 atom stereocenters. The van der Waals surface area contributed by atoms with Crippen LogP contribution in [0.5, 0.6) is 0 Å². The van der Waals surface area contributed by atoms with Gasteiger partial charge in [0, 0.05) is 30.2 Å². The van der Waals surface area contributed by atoms with Gasteiger partial charge in [0.15, 0.2) is 0 Å². The number of nitro groups is 1. The van der Waals surface area contributed by atoms with Crippen LogP contribution in [0.3, 0.4) is 0 Å². The highest BCUT2D eigenvalue weighted by Gasteiger charge is 2.21. The van der Waals surface area contributed by atoms with Gasteiger partial charge in [0.25, 0.3) is 5.69 Å². The first kappa shape index (κ1) is 16.1. The van der Waals surface area contributed by atoms with Gasteiger partial charge in [0.05, 0.1) is 23.8 Å². The van der Waals surface area contributed by atoms with E-state index in [0.29, 0.717) is 19.6 Å². The molecule has 1 aromatic heterocycles. The molecule has 0 unspecified atom stereocenters. The van der Waals surface area contributed by atoms with Crippen molar-refractivity contribution in [3.05, 3.63) is 44.2 Å². The highest BCUT2D eigenvalue weighted by molar-refractivity contribution is 9.10. The SMILES string of the molecule is CCCc1cc(-c2nc(Br)c3n2CCOCC3)ccc1[N+](=O)[O-]. The van der Waals surface area contributed by atoms with Crippen molar-refractivity contribution in [1.29, 1.82) is 0 Å². The Morgan fingerprint density at radius 2 is 2.26 bits per heavy atom. The number of ether oxygens (including phenoxy) is 1. The van der Waals surface area contributed by atoms with E-state index in [4.69, 9.17) is 4.74 Å². The molecule has 3 rings (SSSR count). The van der Waals surface area contributed by atoms with Crippen LogP contribution in [0.2, 0.25) is 0 Å². The lowest BCUT2D eigenvalue weighted by Crippen LogP contribution is -2.06. The Labute approximate surface area is 142 Å². The highest BCUT2D eigenvalue weighted by Crippen LogP contribution is 2.31. The zero-order chi connectivity index (χ0) is 16.4. The number of rotatable bonds is 4. The molecule has 0 spiro atoms. The summed E-state index contributed by atoms with van der Waals surface area (Å²) in [6.07, 6.45) is 2.35. The van der Waals surface area contributed by atoms with Crippen molar-refractivity contribution in [3.63, 3.8) is 0 Å². The van der Waals surface area contributed by atoms with Crippen molar-refractivity contribution in [2.75, 3.05) is 13.2 Å². The van der Waals surface area contributed by atoms with Crippen LogP contribution in [0.1, 0.15) is 24.6 Å². The minimum Gasteiger partial charge on any atom is -0.379 e. The first-order valence-electron chi connectivity index (χ1n) is 7.72. The van der Waals surface area contributed by atoms with E-state index in [2.05, 4.69) is 25.5 Å². The molecule has 23 heavy (non-hydrogen) atoms. The molecule has 0 bridgehead atoms. The first-order valence-corrected chi connectivity index (χ1v) is 8.51. The van der Waals surface area contributed by atoms with E-state index in [1.807, 2.05) is 13.0 Å². The number of aryl methyl sites for hydroxylation is 1. The van der Waals surface area contributed by atoms with Crippen molar-refractivity contribution < 1.29 is 9.66 Å². The number of fused-ring (bicyclic) bond motifs is 1. The number of hydrogen-bond acceptors (Lipinski definition) is 4. The number of hydrogen-bond donors (Lipinski definition) is 0. The van der Waals surface area contributed by atoms with Gasteiger partial charge in [-0.15, -0.1) is 0 Å². The molecule has 2 aromatic rings. The zero-order valence-electron chi connectivity index (χ0n) is 12.9. The summed E-state index contributed by atoms with van der Waals surface area (Å²) in [6.45, 7) is 4.10. The summed E-state index contributed by atoms with van der Waals surface area (Å²) in [5.41, 5.74) is 2.97. The zero-order valence-corrected chi connectivity index (χ0v) is 14.5. The summed E-state index contributed by atoms with van der Waals surface area (Å²) in [4.78, 5) is 15.5. The van der Waals surface area contributed by atoms with Crippen molar-refractivity contribution in [2.45, 2.75) is 32.7 Å². The van der Waals surface area contributed by atoms with E-state index in [9.17, 15) is 10.1 Å². The average molecular weight is 380 g/mol. The average Bonchev–Trinajstić information content (AvgIpc) is 2.71. The molecular formula is C16H18BrN3O3. The lowest BCUT2D eigenvalue weighted by atomic mass is 10.0. The quantitative estimate of drug-likeness (QED) is 0.599. The third-order valence-electron chi connectivity index (χ3n) is 4.02. The van der Waals surface area contributed by atoms with Crippen LogP contribution in [0, 0.1) is 10.1 Å². The molecule has 0 radical (unpaired) electrons. The summed E-state index contributed by atoms with van der Waals surface area (Å²) in [6, 6.07) is 5.27. The summed E-state index contributed by atoms with van der Waals surface area (Å²) in [5, 5.41) is 11.2. The number of nitro benzene ring substituents is 1. The fraction of sp³-hybridized carbons (Fsp3) is 0.438. The Morgan fingerprint density at radius 3 is 3.00 bits per heavy atom. The normalized spacial score (nSPS) is 14.3. The summed E-state index contributed by atoms with van der Waals surface area (Å²) in [7, 11) is 0. The third-order valence-corrected chi connectivity index (χ3v) is 4.65. The monoisotopic (exact) mass is 379 g/mol. The van der Waals surface area contributed by atoms with Crippen LogP contribution in [-0.4, -0.2) is 27.7 Å². The Hall–Kier alpha value is -1.73. The molecule has 6 nitrogen and oxygen atoms in total. The lowest BCUT2D eigenvalue weighted by Gasteiger charge is -2.09. The number of benzene rings is 1. The van der Waals surface area contributed by atoms with Crippen molar-refractivity contribution in [1.82, 2.24) is 9.55 Å². The van der Waals surface area contributed by atoms with E-state index < -0.39 is 0 Å². The molecule has 0 saturated heterocycles. The van der Waals surface area contributed by atoms with Crippen molar-refractivity contribution in [2.24, 2.45) is 0 Å².